The molecule has 8 nitrogen and oxygen atoms in total. The Hall–Kier alpha value is -1.84. The number of aromatic hydroxyl groups is 1. The number of carbonyl (C=O) groups excluding carboxylic acids is 1. The molecule has 0 atom stereocenters. The summed E-state index contributed by atoms with van der Waals surface area (Å²) in [7, 11) is -4.07. The number of phenolic OH excluding ortho intramolecular Hbond substituents is 1. The van der Waals surface area contributed by atoms with Crippen molar-refractivity contribution in [2.75, 3.05) is 0 Å². The first-order chi connectivity index (χ1) is 7.42. The van der Waals surface area contributed by atoms with E-state index in [2.05, 4.69) is 10.0 Å². The molecule has 0 radical (unpaired) electrons. The molecule has 9 heteroatoms. The van der Waals surface area contributed by atoms with Gasteiger partial charge in [0.25, 0.3) is 0 Å². The van der Waals surface area contributed by atoms with E-state index in [-0.39, 0.29) is 10.6 Å². The quantitative estimate of drug-likeness (QED) is 0.514. The van der Waals surface area contributed by atoms with Gasteiger partial charge in [-0.15, -0.1) is 0 Å². The van der Waals surface area contributed by atoms with E-state index in [9.17, 15) is 13.2 Å². The fourth-order valence-electron chi connectivity index (χ4n) is 0.787. The Balaban J connectivity index is 2.71. The van der Waals surface area contributed by atoms with E-state index in [1.165, 1.54) is 12.1 Å². The van der Waals surface area contributed by atoms with Crippen molar-refractivity contribution in [2.45, 2.75) is 4.90 Å². The summed E-state index contributed by atoms with van der Waals surface area (Å²) in [6.07, 6.45) is 0. The van der Waals surface area contributed by atoms with Gasteiger partial charge in [-0.25, -0.2) is 10.2 Å². The van der Waals surface area contributed by atoms with Crippen molar-refractivity contribution < 1.29 is 22.6 Å². The molecule has 16 heavy (non-hydrogen) atoms. The number of hydrogen-bond donors (Lipinski definition) is 4. The summed E-state index contributed by atoms with van der Waals surface area (Å²) < 4.78 is 26.9. The zero-order valence-corrected chi connectivity index (χ0v) is 8.69. The molecular weight excluding hydrogens is 238 g/mol. The molecule has 88 valence electrons. The van der Waals surface area contributed by atoms with Crippen molar-refractivity contribution >= 4 is 16.1 Å². The molecule has 5 N–H and O–H groups in total. The minimum Gasteiger partial charge on any atom is -0.508 e. The third kappa shape index (κ3) is 3.38. The van der Waals surface area contributed by atoms with E-state index in [0.717, 1.165) is 12.1 Å². The fraction of sp³-hybridized carbons (Fsp3) is 0. The van der Waals surface area contributed by atoms with E-state index in [4.69, 9.17) is 5.11 Å². The molecular formula is C7H9N3O5S. The van der Waals surface area contributed by atoms with Crippen LogP contribution in [0.4, 0.5) is 4.79 Å². The van der Waals surface area contributed by atoms with Crippen molar-refractivity contribution in [1.29, 1.82) is 0 Å². The number of benzene rings is 1. The summed E-state index contributed by atoms with van der Waals surface area (Å²) >= 11 is 0. The lowest BCUT2D eigenvalue weighted by Crippen LogP contribution is -2.42. The average Bonchev–Trinajstić information content (AvgIpc) is 2.17. The first kappa shape index (κ1) is 12.2. The smallest absolute Gasteiger partial charge is 0.328 e. The topological polar surface area (TPSA) is 131 Å². The number of amides is 2. The first-order valence-electron chi connectivity index (χ1n) is 3.95. The molecule has 0 aliphatic carbocycles. The summed E-state index contributed by atoms with van der Waals surface area (Å²) in [5, 5.41) is 8.95. The van der Waals surface area contributed by atoms with Crippen LogP contribution in [0.15, 0.2) is 29.2 Å². The second-order valence-electron chi connectivity index (χ2n) is 2.62. The van der Waals surface area contributed by atoms with Crippen LogP contribution in [0.1, 0.15) is 0 Å². The Bertz CT molecular complexity index is 469. The molecule has 1 aromatic carbocycles. The van der Waals surface area contributed by atoms with Crippen LogP contribution >= 0.6 is 0 Å². The maximum atomic E-state index is 11.4. The normalized spacial score (nSPS) is 11.0. The number of carbonyl (C=O) groups is 1. The summed E-state index contributed by atoms with van der Waals surface area (Å²) in [6.45, 7) is 0. The number of nitrogens with one attached hydrogen (secondary N) is 2. The number of hydrazine groups is 1. The highest BCUT2D eigenvalue weighted by molar-refractivity contribution is 7.86. The molecule has 0 aromatic heterocycles. The minimum atomic E-state index is -4.07. The molecule has 0 aliphatic rings. The predicted molar refractivity (Wildman–Crippen MR) is 52.2 cm³/mol. The monoisotopic (exact) mass is 247 g/mol. The number of nitrogens with two attached hydrogens (primary N) is 1. The van der Waals surface area contributed by atoms with Crippen LogP contribution in [0.5, 0.6) is 5.75 Å². The molecule has 0 aliphatic heterocycles. The largest absolute Gasteiger partial charge is 0.508 e. The van der Waals surface area contributed by atoms with Crippen molar-refractivity contribution in [2.24, 2.45) is 5.73 Å². The van der Waals surface area contributed by atoms with Gasteiger partial charge in [0.05, 0.1) is 4.90 Å². The Morgan fingerprint density at radius 2 is 1.88 bits per heavy atom. The second kappa shape index (κ2) is 4.79. The molecule has 1 rings (SSSR count). The standard InChI is InChI=1S/C7H9N3O5S/c8-7(12)9-10-15-16(13,14)6-3-1-5(11)2-4-6/h1-4,10-11H,(H3,8,9,12). The maximum absolute atomic E-state index is 11.4. The van der Waals surface area contributed by atoms with Crippen molar-refractivity contribution in [1.82, 2.24) is 11.0 Å². The second-order valence-corrected chi connectivity index (χ2v) is 4.17. The fourth-order valence-corrected chi connectivity index (χ4v) is 1.50. The van der Waals surface area contributed by atoms with Crippen LogP contribution in [-0.2, 0) is 14.4 Å². The number of phenols is 1. The van der Waals surface area contributed by atoms with Gasteiger partial charge in [-0.3, -0.25) is 0 Å². The summed E-state index contributed by atoms with van der Waals surface area (Å²) in [5.74, 6) is -0.0813. The van der Waals surface area contributed by atoms with Crippen LogP contribution in [-0.4, -0.2) is 19.6 Å². The van der Waals surface area contributed by atoms with Crippen molar-refractivity contribution in [3.8, 4) is 5.75 Å². The number of rotatable bonds is 4. The van der Waals surface area contributed by atoms with Gasteiger partial charge in [-0.05, 0) is 24.3 Å². The van der Waals surface area contributed by atoms with Crippen molar-refractivity contribution in [3.05, 3.63) is 24.3 Å². The van der Waals surface area contributed by atoms with E-state index in [0.29, 0.717) is 0 Å². The predicted octanol–water partition coefficient (Wildman–Crippen LogP) is -0.815. The van der Waals surface area contributed by atoms with E-state index < -0.39 is 16.1 Å². The Morgan fingerprint density at radius 3 is 2.38 bits per heavy atom. The van der Waals surface area contributed by atoms with Gasteiger partial charge in [0.2, 0.25) is 0 Å². The highest BCUT2D eigenvalue weighted by Crippen LogP contribution is 2.15. The Morgan fingerprint density at radius 1 is 1.31 bits per heavy atom. The van der Waals surface area contributed by atoms with Gasteiger partial charge in [0, 0.05) is 0 Å². The van der Waals surface area contributed by atoms with E-state index in [1.54, 1.807) is 11.0 Å². The summed E-state index contributed by atoms with van der Waals surface area (Å²) in [6, 6.07) is 3.63. The molecule has 0 heterocycles. The first-order valence-corrected chi connectivity index (χ1v) is 5.35. The zero-order chi connectivity index (χ0) is 12.2. The average molecular weight is 247 g/mol. The van der Waals surface area contributed by atoms with E-state index in [1.807, 2.05) is 0 Å². The Kier molecular flexibility index (Phi) is 3.66. The Labute approximate surface area is 91.1 Å². The van der Waals surface area contributed by atoms with Gasteiger partial charge in [0.15, 0.2) is 0 Å². The maximum Gasteiger partial charge on any atom is 0.328 e. The number of urea groups is 1. The lowest BCUT2D eigenvalue weighted by atomic mass is 10.3. The molecule has 0 saturated carbocycles. The molecule has 1 aromatic rings. The molecule has 0 spiro atoms. The van der Waals surface area contributed by atoms with Gasteiger partial charge in [0.1, 0.15) is 5.75 Å². The minimum absolute atomic E-state index is 0.0813. The molecule has 0 bridgehead atoms. The van der Waals surface area contributed by atoms with Crippen LogP contribution in [0, 0.1) is 0 Å². The number of hydrogen-bond acceptors (Lipinski definition) is 6. The van der Waals surface area contributed by atoms with Gasteiger partial charge in [-0.1, -0.05) is 5.59 Å². The lowest BCUT2D eigenvalue weighted by Gasteiger charge is -2.05. The van der Waals surface area contributed by atoms with Crippen LogP contribution in [0.2, 0.25) is 0 Å². The zero-order valence-electron chi connectivity index (χ0n) is 7.88. The van der Waals surface area contributed by atoms with Crippen molar-refractivity contribution in [3.63, 3.8) is 0 Å². The lowest BCUT2D eigenvalue weighted by molar-refractivity contribution is 0.161. The van der Waals surface area contributed by atoms with Gasteiger partial charge >= 0.3 is 16.1 Å². The molecule has 0 unspecified atom stereocenters. The van der Waals surface area contributed by atoms with E-state index >= 15 is 0 Å². The van der Waals surface area contributed by atoms with Crippen LogP contribution < -0.4 is 16.7 Å². The molecule has 2 amide bonds. The summed E-state index contributed by atoms with van der Waals surface area (Å²) in [4.78, 5) is 10.0. The molecule has 0 saturated heterocycles. The third-order valence-corrected chi connectivity index (χ3v) is 2.60. The van der Waals surface area contributed by atoms with Crippen LogP contribution in [0.3, 0.4) is 0 Å². The third-order valence-electron chi connectivity index (χ3n) is 1.45. The van der Waals surface area contributed by atoms with Gasteiger partial charge in [-0.2, -0.15) is 12.7 Å². The summed E-state index contributed by atoms with van der Waals surface area (Å²) in [5.41, 5.74) is 8.04. The SMILES string of the molecule is NC(=O)NNOS(=O)(=O)c1ccc(O)cc1. The highest BCUT2D eigenvalue weighted by atomic mass is 32.2. The molecule has 0 fully saturated rings. The van der Waals surface area contributed by atoms with Crippen LogP contribution in [0.25, 0.3) is 0 Å². The highest BCUT2D eigenvalue weighted by Gasteiger charge is 2.15. The van der Waals surface area contributed by atoms with Gasteiger partial charge < -0.3 is 10.8 Å². The number of primary amides is 1.